The zero-order valence-electron chi connectivity index (χ0n) is 17.8. The Morgan fingerprint density at radius 3 is 2.66 bits per heavy atom. The summed E-state index contributed by atoms with van der Waals surface area (Å²) in [7, 11) is 0. The summed E-state index contributed by atoms with van der Waals surface area (Å²) in [5.74, 6) is 0.618. The highest BCUT2D eigenvalue weighted by molar-refractivity contribution is 7.99. The van der Waals surface area contributed by atoms with E-state index in [1.54, 1.807) is 18.0 Å². The van der Waals surface area contributed by atoms with Gasteiger partial charge in [-0.05, 0) is 35.4 Å². The molecule has 2 aromatic carbocycles. The van der Waals surface area contributed by atoms with Crippen molar-refractivity contribution >= 4 is 23.4 Å². The summed E-state index contributed by atoms with van der Waals surface area (Å²) in [6, 6.07) is 21.2. The van der Waals surface area contributed by atoms with Crippen LogP contribution in [0.25, 0.3) is 0 Å². The molecular formula is C25H26N2O4S. The zero-order chi connectivity index (χ0) is 22.3. The van der Waals surface area contributed by atoms with E-state index in [0.29, 0.717) is 12.1 Å². The third-order valence-electron chi connectivity index (χ3n) is 5.15. The molecule has 6 nitrogen and oxygen atoms in total. The highest BCUT2D eigenvalue weighted by Gasteiger charge is 2.32. The first kappa shape index (κ1) is 22.5. The number of thioether (sulfide) groups is 1. The molecule has 32 heavy (non-hydrogen) atoms. The number of amides is 1. The molecule has 0 radical (unpaired) electrons. The van der Waals surface area contributed by atoms with Crippen molar-refractivity contribution < 1.29 is 19.4 Å². The van der Waals surface area contributed by atoms with Crippen molar-refractivity contribution in [3.05, 3.63) is 89.6 Å². The summed E-state index contributed by atoms with van der Waals surface area (Å²) in [4.78, 5) is 15.9. The third kappa shape index (κ3) is 5.95. The molecule has 0 spiro atoms. The second-order valence-electron chi connectivity index (χ2n) is 7.64. The number of nitrogens with zero attached hydrogens (tertiary/aromatic N) is 1. The minimum Gasteiger partial charge on any atom is -0.392 e. The van der Waals surface area contributed by atoms with E-state index in [9.17, 15) is 9.90 Å². The van der Waals surface area contributed by atoms with Crippen LogP contribution >= 0.6 is 11.8 Å². The number of aliphatic hydroxyl groups excluding tert-OH is 1. The highest BCUT2D eigenvalue weighted by atomic mass is 32.2. The SMILES string of the molecule is CC(=O)Nc1cccc(C2OC(CSc3ccccn3)CC(c3ccc(CO)cc3)O2)c1. The largest absolute Gasteiger partial charge is 0.392 e. The Balaban J connectivity index is 1.55. The molecule has 2 N–H and O–H groups in total. The van der Waals surface area contributed by atoms with Gasteiger partial charge < -0.3 is 19.9 Å². The molecule has 1 aliphatic rings. The molecule has 0 aliphatic carbocycles. The van der Waals surface area contributed by atoms with E-state index in [1.165, 1.54) is 6.92 Å². The Kier molecular flexibility index (Phi) is 7.55. The molecule has 0 bridgehead atoms. The quantitative estimate of drug-likeness (QED) is 0.500. The summed E-state index contributed by atoms with van der Waals surface area (Å²) in [6.45, 7) is 1.49. The number of anilines is 1. The summed E-state index contributed by atoms with van der Waals surface area (Å²) in [5.41, 5.74) is 3.46. The number of ether oxygens (including phenoxy) is 2. The Hall–Kier alpha value is -2.71. The number of carbonyl (C=O) groups is 1. The lowest BCUT2D eigenvalue weighted by Crippen LogP contribution is -2.31. The Labute approximate surface area is 192 Å². The van der Waals surface area contributed by atoms with Crippen LogP contribution in [0.5, 0.6) is 0 Å². The molecule has 4 rings (SSSR count). The maximum Gasteiger partial charge on any atom is 0.221 e. The smallest absolute Gasteiger partial charge is 0.221 e. The lowest BCUT2D eigenvalue weighted by atomic mass is 10.0. The van der Waals surface area contributed by atoms with Gasteiger partial charge in [0.1, 0.15) is 0 Å². The standard InChI is InChI=1S/C25H26N2O4S/c1-17(29)27-21-6-4-5-20(13-21)25-30-22(16-32-24-7-2-3-12-26-24)14-23(31-25)19-10-8-18(15-28)9-11-19/h2-13,22-23,25,28H,14-16H2,1H3,(H,27,29). The molecule has 7 heteroatoms. The fraction of sp³-hybridized carbons (Fsp3) is 0.280. The van der Waals surface area contributed by atoms with Crippen LogP contribution < -0.4 is 5.32 Å². The van der Waals surface area contributed by atoms with Gasteiger partial charge in [-0.25, -0.2) is 4.98 Å². The molecule has 3 unspecified atom stereocenters. The first-order valence-electron chi connectivity index (χ1n) is 10.5. The molecule has 3 atom stereocenters. The van der Waals surface area contributed by atoms with Gasteiger partial charge in [-0.1, -0.05) is 42.5 Å². The molecule has 1 aromatic heterocycles. The second kappa shape index (κ2) is 10.7. The monoisotopic (exact) mass is 450 g/mol. The van der Waals surface area contributed by atoms with Crippen LogP contribution in [-0.4, -0.2) is 27.9 Å². The lowest BCUT2D eigenvalue weighted by Gasteiger charge is -2.36. The summed E-state index contributed by atoms with van der Waals surface area (Å²) in [6.07, 6.45) is 1.73. The number of benzene rings is 2. The van der Waals surface area contributed by atoms with Crippen LogP contribution in [0, 0.1) is 0 Å². The van der Waals surface area contributed by atoms with Crippen LogP contribution in [0.15, 0.2) is 78.0 Å². The normalized spacial score (nSPS) is 20.6. The van der Waals surface area contributed by atoms with Gasteiger partial charge >= 0.3 is 0 Å². The second-order valence-corrected chi connectivity index (χ2v) is 8.68. The fourth-order valence-electron chi connectivity index (χ4n) is 3.60. The number of carbonyl (C=O) groups excluding carboxylic acids is 1. The van der Waals surface area contributed by atoms with Gasteiger partial charge in [-0.2, -0.15) is 0 Å². The maximum atomic E-state index is 11.5. The lowest BCUT2D eigenvalue weighted by molar-refractivity contribution is -0.245. The number of aliphatic hydroxyl groups is 1. The van der Waals surface area contributed by atoms with Gasteiger partial charge in [0, 0.05) is 36.5 Å². The highest BCUT2D eigenvalue weighted by Crippen LogP contribution is 2.39. The minimum absolute atomic E-state index is 0.0107. The average Bonchev–Trinajstić information content (AvgIpc) is 2.83. The van der Waals surface area contributed by atoms with Crippen molar-refractivity contribution in [2.45, 2.75) is 43.5 Å². The molecule has 1 aliphatic heterocycles. The van der Waals surface area contributed by atoms with Gasteiger partial charge in [-0.15, -0.1) is 11.8 Å². The number of hydrogen-bond donors (Lipinski definition) is 2. The van der Waals surface area contributed by atoms with Crippen LogP contribution in [0.4, 0.5) is 5.69 Å². The molecule has 0 saturated carbocycles. The molecule has 1 fully saturated rings. The molecule has 3 aromatic rings. The Morgan fingerprint density at radius 1 is 1.09 bits per heavy atom. The van der Waals surface area contributed by atoms with Crippen molar-refractivity contribution in [3.63, 3.8) is 0 Å². The molecule has 1 saturated heterocycles. The third-order valence-corrected chi connectivity index (χ3v) is 6.22. The zero-order valence-corrected chi connectivity index (χ0v) is 18.6. The van der Waals surface area contributed by atoms with Crippen molar-refractivity contribution in [2.24, 2.45) is 0 Å². The van der Waals surface area contributed by atoms with Gasteiger partial charge in [0.2, 0.25) is 5.91 Å². The number of hydrogen-bond acceptors (Lipinski definition) is 6. The van der Waals surface area contributed by atoms with Gasteiger partial charge in [0.05, 0.1) is 23.8 Å². The summed E-state index contributed by atoms with van der Waals surface area (Å²) < 4.78 is 12.7. The number of pyridine rings is 1. The van der Waals surface area contributed by atoms with Crippen LogP contribution in [0.1, 0.15) is 42.4 Å². The predicted molar refractivity (Wildman–Crippen MR) is 124 cm³/mol. The number of rotatable bonds is 7. The predicted octanol–water partition coefficient (Wildman–Crippen LogP) is 4.87. The van der Waals surface area contributed by atoms with Crippen molar-refractivity contribution in [1.82, 2.24) is 4.98 Å². The molecule has 2 heterocycles. The van der Waals surface area contributed by atoms with E-state index in [2.05, 4.69) is 10.3 Å². The van der Waals surface area contributed by atoms with Gasteiger partial charge in [0.15, 0.2) is 6.29 Å². The van der Waals surface area contributed by atoms with E-state index in [-0.39, 0.29) is 24.7 Å². The van der Waals surface area contributed by atoms with E-state index in [0.717, 1.165) is 27.5 Å². The maximum absolute atomic E-state index is 11.5. The average molecular weight is 451 g/mol. The fourth-order valence-corrected chi connectivity index (χ4v) is 4.48. The van der Waals surface area contributed by atoms with E-state index >= 15 is 0 Å². The van der Waals surface area contributed by atoms with Crippen LogP contribution in [0.2, 0.25) is 0 Å². The van der Waals surface area contributed by atoms with Gasteiger partial charge in [0.25, 0.3) is 0 Å². The first-order valence-corrected chi connectivity index (χ1v) is 11.5. The van der Waals surface area contributed by atoms with Crippen LogP contribution in [-0.2, 0) is 20.9 Å². The molecular weight excluding hydrogens is 424 g/mol. The van der Waals surface area contributed by atoms with Crippen molar-refractivity contribution in [2.75, 3.05) is 11.1 Å². The Morgan fingerprint density at radius 2 is 1.94 bits per heavy atom. The van der Waals surface area contributed by atoms with E-state index < -0.39 is 6.29 Å². The minimum atomic E-state index is -0.561. The number of aromatic nitrogens is 1. The van der Waals surface area contributed by atoms with Crippen LogP contribution in [0.3, 0.4) is 0 Å². The van der Waals surface area contributed by atoms with E-state index in [1.807, 2.05) is 66.7 Å². The topological polar surface area (TPSA) is 80.7 Å². The first-order chi connectivity index (χ1) is 15.6. The van der Waals surface area contributed by atoms with Gasteiger partial charge in [-0.3, -0.25) is 4.79 Å². The number of nitrogens with one attached hydrogen (secondary N) is 1. The molecule has 166 valence electrons. The molecule has 1 amide bonds. The summed E-state index contributed by atoms with van der Waals surface area (Å²) in [5, 5.41) is 13.1. The van der Waals surface area contributed by atoms with Crippen molar-refractivity contribution in [3.8, 4) is 0 Å². The van der Waals surface area contributed by atoms with E-state index in [4.69, 9.17) is 9.47 Å². The van der Waals surface area contributed by atoms with Crippen molar-refractivity contribution in [1.29, 1.82) is 0 Å². The Bertz CT molecular complexity index is 1030. The summed E-state index contributed by atoms with van der Waals surface area (Å²) >= 11 is 1.66.